The van der Waals surface area contributed by atoms with E-state index in [4.69, 9.17) is 10.5 Å². The summed E-state index contributed by atoms with van der Waals surface area (Å²) in [6.07, 6.45) is 6.12. The first-order valence-corrected chi connectivity index (χ1v) is 14.1. The van der Waals surface area contributed by atoms with E-state index in [0.717, 1.165) is 83.5 Å². The van der Waals surface area contributed by atoms with Crippen LogP contribution in [-0.2, 0) is 20.9 Å². The minimum atomic E-state index is -0.437. The van der Waals surface area contributed by atoms with Crippen molar-refractivity contribution in [2.45, 2.75) is 75.7 Å². The Bertz CT molecular complexity index is 913. The number of ether oxygens (including phenoxy) is 1. The van der Waals surface area contributed by atoms with Crippen LogP contribution in [0.25, 0.3) is 0 Å². The zero-order chi connectivity index (χ0) is 25.8. The number of carbonyl (C=O) groups is 2. The molecule has 2 amide bonds. The third-order valence-electron chi connectivity index (χ3n) is 8.53. The molecule has 204 valence electrons. The average Bonchev–Trinajstić information content (AvgIpc) is 3.67. The Morgan fingerprint density at radius 3 is 2.43 bits per heavy atom. The highest BCUT2D eigenvalue weighted by Crippen LogP contribution is 2.35. The molecule has 1 aromatic rings. The summed E-state index contributed by atoms with van der Waals surface area (Å²) in [7, 11) is 0. The molecule has 2 unspecified atom stereocenters. The fourth-order valence-electron chi connectivity index (χ4n) is 6.01. The predicted octanol–water partition coefficient (Wildman–Crippen LogP) is 1.73. The predicted molar refractivity (Wildman–Crippen MR) is 139 cm³/mol. The summed E-state index contributed by atoms with van der Waals surface area (Å²) in [5.74, 6) is -0.0677. The monoisotopic (exact) mass is 515 g/mol. The van der Waals surface area contributed by atoms with Gasteiger partial charge in [-0.2, -0.15) is 0 Å². The Morgan fingerprint density at radius 1 is 1.05 bits per heavy atom. The van der Waals surface area contributed by atoms with Gasteiger partial charge < -0.3 is 20.7 Å². The van der Waals surface area contributed by atoms with Crippen LogP contribution in [0, 0.1) is 11.7 Å². The quantitative estimate of drug-likeness (QED) is 0.521. The van der Waals surface area contributed by atoms with E-state index in [-0.39, 0.29) is 41.7 Å². The Kier molecular flexibility index (Phi) is 8.74. The van der Waals surface area contributed by atoms with Crippen LogP contribution in [0.5, 0.6) is 0 Å². The number of nitrogens with two attached hydrogens (primary N) is 1. The van der Waals surface area contributed by atoms with Crippen LogP contribution >= 0.6 is 0 Å². The smallest absolute Gasteiger partial charge is 0.243 e. The molecular formula is C28H42FN5O3. The van der Waals surface area contributed by atoms with Gasteiger partial charge in [-0.3, -0.25) is 19.4 Å². The first-order chi connectivity index (χ1) is 18.0. The Labute approximate surface area is 219 Å². The van der Waals surface area contributed by atoms with E-state index < -0.39 is 6.04 Å². The van der Waals surface area contributed by atoms with Gasteiger partial charge in [0, 0.05) is 63.3 Å². The van der Waals surface area contributed by atoms with Gasteiger partial charge in [0.05, 0.1) is 13.2 Å². The number of carbonyl (C=O) groups excluding carboxylic acids is 2. The maximum atomic E-state index is 13.6. The summed E-state index contributed by atoms with van der Waals surface area (Å²) < 4.78 is 19.1. The second-order valence-corrected chi connectivity index (χ2v) is 11.3. The number of nitrogens with zero attached hydrogens (tertiary/aromatic N) is 3. The molecule has 0 radical (unpaired) electrons. The highest BCUT2D eigenvalue weighted by molar-refractivity contribution is 5.90. The Hall–Kier alpha value is -2.07. The van der Waals surface area contributed by atoms with Gasteiger partial charge in [-0.15, -0.1) is 0 Å². The van der Waals surface area contributed by atoms with Crippen molar-refractivity contribution in [1.82, 2.24) is 20.0 Å². The number of hydrogen-bond donors (Lipinski definition) is 2. The van der Waals surface area contributed by atoms with Gasteiger partial charge in [0.2, 0.25) is 11.8 Å². The summed E-state index contributed by atoms with van der Waals surface area (Å²) >= 11 is 0. The maximum Gasteiger partial charge on any atom is 0.243 e. The molecule has 0 aromatic heterocycles. The second kappa shape index (κ2) is 12.2. The lowest BCUT2D eigenvalue weighted by molar-refractivity contribution is -0.139. The van der Waals surface area contributed by atoms with E-state index in [2.05, 4.69) is 15.1 Å². The highest BCUT2D eigenvalue weighted by atomic mass is 19.1. The maximum absolute atomic E-state index is 13.6. The second-order valence-electron chi connectivity index (χ2n) is 11.3. The lowest BCUT2D eigenvalue weighted by atomic mass is 9.91. The minimum Gasteiger partial charge on any atom is -0.379 e. The summed E-state index contributed by atoms with van der Waals surface area (Å²) in [5, 5.41) is 3.25. The molecule has 1 aromatic carbocycles. The zero-order valence-corrected chi connectivity index (χ0v) is 21.8. The highest BCUT2D eigenvalue weighted by Gasteiger charge is 2.46. The van der Waals surface area contributed by atoms with Crippen LogP contribution in [0.2, 0.25) is 0 Å². The standard InChI is InChI=1S/C28H42FN5O3/c29-22-5-1-20(2-6-22)18-33(12-11-32-13-15-37-16-14-32)25-17-26(34(19-25)28(36)21-3-4-21)27(35)31-24-9-7-23(30)8-10-24/h1-2,5-6,21,23-26H,3-4,7-19,30H2,(H,31,35). The number of amides is 2. The first-order valence-electron chi connectivity index (χ1n) is 14.1. The van der Waals surface area contributed by atoms with Crippen molar-refractivity contribution in [3.05, 3.63) is 35.6 Å². The molecule has 5 rings (SSSR count). The summed E-state index contributed by atoms with van der Waals surface area (Å²) in [6.45, 7) is 6.27. The van der Waals surface area contributed by atoms with Crippen molar-refractivity contribution >= 4 is 11.8 Å². The van der Waals surface area contributed by atoms with Crippen molar-refractivity contribution < 1.29 is 18.7 Å². The molecule has 3 N–H and O–H groups in total. The summed E-state index contributed by atoms with van der Waals surface area (Å²) in [5.41, 5.74) is 7.09. The largest absolute Gasteiger partial charge is 0.379 e. The van der Waals surface area contributed by atoms with Crippen molar-refractivity contribution in [3.63, 3.8) is 0 Å². The third kappa shape index (κ3) is 7.07. The molecule has 2 saturated heterocycles. The number of halogens is 1. The van der Waals surface area contributed by atoms with Gasteiger partial charge in [0.1, 0.15) is 11.9 Å². The number of morpholine rings is 1. The van der Waals surface area contributed by atoms with Crippen LogP contribution in [-0.4, -0.2) is 96.6 Å². The topological polar surface area (TPSA) is 91.1 Å². The Balaban J connectivity index is 1.29. The molecule has 4 fully saturated rings. The normalized spacial score (nSPS) is 29.0. The van der Waals surface area contributed by atoms with Crippen molar-refractivity contribution in [3.8, 4) is 0 Å². The number of hydrogen-bond acceptors (Lipinski definition) is 6. The molecule has 2 aliphatic carbocycles. The molecule has 2 heterocycles. The van der Waals surface area contributed by atoms with Crippen LogP contribution < -0.4 is 11.1 Å². The van der Waals surface area contributed by atoms with Crippen LogP contribution in [0.1, 0.15) is 50.5 Å². The molecule has 0 bridgehead atoms. The van der Waals surface area contributed by atoms with E-state index in [1.165, 1.54) is 12.1 Å². The lowest BCUT2D eigenvalue weighted by Gasteiger charge is -2.33. The van der Waals surface area contributed by atoms with Gasteiger partial charge in [0.15, 0.2) is 0 Å². The molecule has 2 aliphatic heterocycles. The van der Waals surface area contributed by atoms with Crippen LogP contribution in [0.15, 0.2) is 24.3 Å². The van der Waals surface area contributed by atoms with Gasteiger partial charge in [-0.25, -0.2) is 4.39 Å². The molecule has 37 heavy (non-hydrogen) atoms. The fraction of sp³-hybridized carbons (Fsp3) is 0.714. The van der Waals surface area contributed by atoms with Crippen molar-refractivity contribution in [2.24, 2.45) is 11.7 Å². The van der Waals surface area contributed by atoms with Gasteiger partial charge in [0.25, 0.3) is 0 Å². The summed E-state index contributed by atoms with van der Waals surface area (Å²) in [6, 6.07) is 6.66. The van der Waals surface area contributed by atoms with E-state index in [1.807, 2.05) is 17.0 Å². The van der Waals surface area contributed by atoms with E-state index in [0.29, 0.717) is 19.5 Å². The van der Waals surface area contributed by atoms with E-state index in [1.54, 1.807) is 0 Å². The molecule has 4 aliphatic rings. The number of rotatable bonds is 9. The lowest BCUT2D eigenvalue weighted by Crippen LogP contribution is -2.50. The summed E-state index contributed by atoms with van der Waals surface area (Å²) in [4.78, 5) is 33.4. The molecule has 2 saturated carbocycles. The molecule has 2 atom stereocenters. The molecule has 9 heteroatoms. The number of likely N-dealkylation sites (tertiary alicyclic amines) is 1. The van der Waals surface area contributed by atoms with Crippen molar-refractivity contribution in [2.75, 3.05) is 45.9 Å². The van der Waals surface area contributed by atoms with E-state index in [9.17, 15) is 14.0 Å². The Morgan fingerprint density at radius 2 is 1.76 bits per heavy atom. The zero-order valence-electron chi connectivity index (χ0n) is 21.8. The van der Waals surface area contributed by atoms with Gasteiger partial charge >= 0.3 is 0 Å². The number of benzene rings is 1. The fourth-order valence-corrected chi connectivity index (χ4v) is 6.01. The average molecular weight is 516 g/mol. The van der Waals surface area contributed by atoms with Gasteiger partial charge in [-0.05, 0) is 62.6 Å². The molecule has 0 spiro atoms. The molecule has 8 nitrogen and oxygen atoms in total. The van der Waals surface area contributed by atoms with E-state index >= 15 is 0 Å². The van der Waals surface area contributed by atoms with Crippen LogP contribution in [0.3, 0.4) is 0 Å². The first kappa shape index (κ1) is 26.5. The SMILES string of the molecule is NC1CCC(NC(=O)C2CC(N(CCN3CCOCC3)Cc3ccc(F)cc3)CN2C(=O)C2CC2)CC1. The third-order valence-corrected chi connectivity index (χ3v) is 8.53. The van der Waals surface area contributed by atoms with Crippen molar-refractivity contribution in [1.29, 1.82) is 0 Å². The minimum absolute atomic E-state index is 0.0214. The van der Waals surface area contributed by atoms with Gasteiger partial charge in [-0.1, -0.05) is 12.1 Å². The number of nitrogens with one attached hydrogen (secondary N) is 1. The van der Waals surface area contributed by atoms with Crippen LogP contribution in [0.4, 0.5) is 4.39 Å². The molecular weight excluding hydrogens is 473 g/mol.